The molecule has 0 atom stereocenters. The minimum absolute atomic E-state index is 0.0515. The maximum atomic E-state index is 12.1. The Hall–Kier alpha value is -2.68. The topological polar surface area (TPSA) is 71.3 Å². The summed E-state index contributed by atoms with van der Waals surface area (Å²) in [6.45, 7) is 0.245. The highest BCUT2D eigenvalue weighted by atomic mass is 35.5. The first kappa shape index (κ1) is 20.1. The Morgan fingerprint density at radius 3 is 2.68 bits per heavy atom. The van der Waals surface area contributed by atoms with Gasteiger partial charge in [0, 0.05) is 21.7 Å². The van der Waals surface area contributed by atoms with Gasteiger partial charge in [-0.3, -0.25) is 4.79 Å². The average molecular weight is 417 g/mol. The van der Waals surface area contributed by atoms with Crippen LogP contribution >= 0.6 is 23.2 Å². The third kappa shape index (κ3) is 5.19. The van der Waals surface area contributed by atoms with Gasteiger partial charge in [-0.1, -0.05) is 35.3 Å². The number of nitrogens with one attached hydrogen (secondary N) is 1. The van der Waals surface area contributed by atoms with Gasteiger partial charge in [-0.2, -0.15) is 5.26 Å². The molecular formula is C21H18Cl2N2O3. The molecule has 3 rings (SSSR count). The van der Waals surface area contributed by atoms with Gasteiger partial charge in [0.1, 0.15) is 18.2 Å². The first-order chi connectivity index (χ1) is 13.5. The molecule has 1 amide bonds. The second-order valence-electron chi connectivity index (χ2n) is 6.35. The van der Waals surface area contributed by atoms with Crippen molar-refractivity contribution < 1.29 is 14.3 Å². The molecule has 0 unspecified atom stereocenters. The molecule has 0 saturated heterocycles. The number of rotatable bonds is 7. The van der Waals surface area contributed by atoms with Crippen LogP contribution < -0.4 is 14.8 Å². The number of hydrogen-bond acceptors (Lipinski definition) is 4. The first-order valence-corrected chi connectivity index (χ1v) is 9.43. The number of carbonyl (C=O) groups is 1. The van der Waals surface area contributed by atoms with E-state index in [2.05, 4.69) is 5.32 Å². The molecule has 1 aliphatic carbocycles. The number of nitriles is 1. The summed E-state index contributed by atoms with van der Waals surface area (Å²) < 4.78 is 11.2. The van der Waals surface area contributed by atoms with Crippen molar-refractivity contribution in [3.8, 4) is 17.6 Å². The van der Waals surface area contributed by atoms with Crippen molar-refractivity contribution in [3.05, 3.63) is 63.1 Å². The Kier molecular flexibility index (Phi) is 6.45. The first-order valence-electron chi connectivity index (χ1n) is 8.67. The zero-order valence-electron chi connectivity index (χ0n) is 15.2. The number of benzene rings is 2. The van der Waals surface area contributed by atoms with E-state index in [0.29, 0.717) is 27.1 Å². The monoisotopic (exact) mass is 416 g/mol. The van der Waals surface area contributed by atoms with E-state index in [9.17, 15) is 10.1 Å². The van der Waals surface area contributed by atoms with E-state index in [0.717, 1.165) is 18.4 Å². The molecule has 2 aromatic carbocycles. The van der Waals surface area contributed by atoms with Crippen LogP contribution in [0, 0.1) is 11.3 Å². The summed E-state index contributed by atoms with van der Waals surface area (Å²) in [6, 6.07) is 12.5. The van der Waals surface area contributed by atoms with Crippen molar-refractivity contribution in [2.45, 2.75) is 25.5 Å². The Labute approximate surface area is 173 Å². The minimum Gasteiger partial charge on any atom is -0.493 e. The smallest absolute Gasteiger partial charge is 0.262 e. The van der Waals surface area contributed by atoms with E-state index in [4.69, 9.17) is 32.7 Å². The van der Waals surface area contributed by atoms with Gasteiger partial charge in [0.2, 0.25) is 0 Å². The number of nitrogens with zero attached hydrogens (tertiary/aromatic N) is 1. The molecule has 2 aromatic rings. The number of amides is 1. The van der Waals surface area contributed by atoms with E-state index in [-0.39, 0.29) is 24.1 Å². The lowest BCUT2D eigenvalue weighted by molar-refractivity contribution is -0.117. The molecule has 144 valence electrons. The molecule has 0 heterocycles. The van der Waals surface area contributed by atoms with Gasteiger partial charge in [-0.05, 0) is 48.7 Å². The van der Waals surface area contributed by atoms with Gasteiger partial charge < -0.3 is 14.8 Å². The van der Waals surface area contributed by atoms with Crippen LogP contribution in [0.4, 0.5) is 0 Å². The molecule has 0 aromatic heterocycles. The lowest BCUT2D eigenvalue weighted by Crippen LogP contribution is -2.26. The Balaban J connectivity index is 1.74. The molecule has 28 heavy (non-hydrogen) atoms. The summed E-state index contributed by atoms with van der Waals surface area (Å²) in [5, 5.41) is 13.2. The number of hydrogen-bond donors (Lipinski definition) is 1. The molecule has 0 spiro atoms. The van der Waals surface area contributed by atoms with Crippen molar-refractivity contribution in [3.63, 3.8) is 0 Å². The van der Waals surface area contributed by atoms with Crippen molar-refractivity contribution in [1.82, 2.24) is 5.32 Å². The van der Waals surface area contributed by atoms with Crippen molar-refractivity contribution >= 4 is 35.2 Å². The molecule has 5 nitrogen and oxygen atoms in total. The van der Waals surface area contributed by atoms with Crippen LogP contribution in [0.3, 0.4) is 0 Å². The molecular weight excluding hydrogens is 399 g/mol. The highest BCUT2D eigenvalue weighted by Gasteiger charge is 2.24. The normalized spacial score (nSPS) is 13.6. The van der Waals surface area contributed by atoms with E-state index < -0.39 is 0 Å². The fourth-order valence-electron chi connectivity index (χ4n) is 2.49. The molecule has 0 aliphatic heterocycles. The summed E-state index contributed by atoms with van der Waals surface area (Å²) in [6.07, 6.45) is 3.45. The Morgan fingerprint density at radius 1 is 1.25 bits per heavy atom. The predicted octanol–water partition coefficient (Wildman–Crippen LogP) is 4.77. The fraction of sp³-hybridized carbons (Fsp3) is 0.238. The Bertz CT molecular complexity index is 963. The van der Waals surface area contributed by atoms with Crippen LogP contribution in [0.1, 0.15) is 24.0 Å². The van der Waals surface area contributed by atoms with E-state index in [1.165, 1.54) is 13.2 Å². The maximum Gasteiger partial charge on any atom is 0.262 e. The van der Waals surface area contributed by atoms with E-state index in [1.54, 1.807) is 36.4 Å². The quantitative estimate of drug-likeness (QED) is 0.521. The fourth-order valence-corrected chi connectivity index (χ4v) is 2.96. The van der Waals surface area contributed by atoms with Gasteiger partial charge >= 0.3 is 0 Å². The van der Waals surface area contributed by atoms with E-state index >= 15 is 0 Å². The molecule has 1 saturated carbocycles. The SMILES string of the molecule is COc1cc(/C=C(\C#N)C(=O)NC2CC2)ccc1OCc1ccc(Cl)cc1Cl. The predicted molar refractivity (Wildman–Crippen MR) is 109 cm³/mol. The van der Waals surface area contributed by atoms with Crippen LogP contribution in [-0.2, 0) is 11.4 Å². The number of carbonyl (C=O) groups excluding carboxylic acids is 1. The summed E-state index contributed by atoms with van der Waals surface area (Å²) in [7, 11) is 1.52. The van der Waals surface area contributed by atoms with Gasteiger partial charge in [0.15, 0.2) is 11.5 Å². The van der Waals surface area contributed by atoms with Gasteiger partial charge in [0.05, 0.1) is 7.11 Å². The van der Waals surface area contributed by atoms with E-state index in [1.807, 2.05) is 6.07 Å². The third-order valence-electron chi connectivity index (χ3n) is 4.17. The zero-order chi connectivity index (χ0) is 20.1. The second kappa shape index (κ2) is 9.01. The highest BCUT2D eigenvalue weighted by Crippen LogP contribution is 2.31. The summed E-state index contributed by atoms with van der Waals surface area (Å²) in [5.41, 5.74) is 1.51. The van der Waals surface area contributed by atoms with Crippen LogP contribution in [0.2, 0.25) is 10.0 Å². The number of ether oxygens (including phenoxy) is 2. The average Bonchev–Trinajstić information content (AvgIpc) is 3.49. The molecule has 0 radical (unpaired) electrons. The third-order valence-corrected chi connectivity index (χ3v) is 4.76. The summed E-state index contributed by atoms with van der Waals surface area (Å²) >= 11 is 12.1. The summed E-state index contributed by atoms with van der Waals surface area (Å²) in [5.74, 6) is 0.645. The van der Waals surface area contributed by atoms with Crippen LogP contribution in [0.15, 0.2) is 42.0 Å². The lowest BCUT2D eigenvalue weighted by atomic mass is 10.1. The minimum atomic E-state index is -0.360. The van der Waals surface area contributed by atoms with Gasteiger partial charge in [-0.15, -0.1) is 0 Å². The highest BCUT2D eigenvalue weighted by molar-refractivity contribution is 6.35. The molecule has 1 N–H and O–H groups in total. The van der Waals surface area contributed by atoms with Gasteiger partial charge in [-0.25, -0.2) is 0 Å². The van der Waals surface area contributed by atoms with Crippen LogP contribution in [-0.4, -0.2) is 19.1 Å². The van der Waals surface area contributed by atoms with Crippen LogP contribution in [0.5, 0.6) is 11.5 Å². The second-order valence-corrected chi connectivity index (χ2v) is 7.20. The zero-order valence-corrected chi connectivity index (χ0v) is 16.7. The summed E-state index contributed by atoms with van der Waals surface area (Å²) in [4.78, 5) is 12.1. The molecule has 1 aliphatic rings. The van der Waals surface area contributed by atoms with Crippen molar-refractivity contribution in [2.24, 2.45) is 0 Å². The Morgan fingerprint density at radius 2 is 2.04 bits per heavy atom. The molecule has 0 bridgehead atoms. The number of halogens is 2. The standard InChI is InChI=1S/C21H18Cl2N2O3/c1-27-20-9-13(8-15(11-24)21(26)25-17-5-6-17)2-7-19(20)28-12-14-3-4-16(22)10-18(14)23/h2-4,7-10,17H,5-6,12H2,1H3,(H,25,26)/b15-8+. The van der Waals surface area contributed by atoms with Crippen molar-refractivity contribution in [1.29, 1.82) is 5.26 Å². The maximum absolute atomic E-state index is 12.1. The molecule has 1 fully saturated rings. The van der Waals surface area contributed by atoms with Crippen molar-refractivity contribution in [2.75, 3.05) is 7.11 Å². The van der Waals surface area contributed by atoms with Gasteiger partial charge in [0.25, 0.3) is 5.91 Å². The number of methoxy groups -OCH3 is 1. The largest absolute Gasteiger partial charge is 0.493 e. The lowest BCUT2D eigenvalue weighted by Gasteiger charge is -2.12. The molecule has 7 heteroatoms. The van der Waals surface area contributed by atoms with Crippen LogP contribution in [0.25, 0.3) is 6.08 Å².